The van der Waals surface area contributed by atoms with E-state index < -0.39 is 0 Å². The van der Waals surface area contributed by atoms with Crippen molar-refractivity contribution in [3.8, 4) is 11.4 Å². The highest BCUT2D eigenvalue weighted by Crippen LogP contribution is 2.23. The Morgan fingerprint density at radius 3 is 2.82 bits per heavy atom. The van der Waals surface area contributed by atoms with E-state index in [2.05, 4.69) is 32.6 Å². The Balaban J connectivity index is 1.47. The third kappa shape index (κ3) is 3.95. The van der Waals surface area contributed by atoms with Crippen LogP contribution in [0.1, 0.15) is 19.8 Å². The average molecular weight is 377 g/mol. The van der Waals surface area contributed by atoms with Gasteiger partial charge in [0.05, 0.1) is 11.9 Å². The van der Waals surface area contributed by atoms with Crippen LogP contribution in [0.4, 0.5) is 22.0 Å². The van der Waals surface area contributed by atoms with Crippen molar-refractivity contribution in [2.24, 2.45) is 0 Å². The van der Waals surface area contributed by atoms with E-state index in [-0.39, 0.29) is 6.03 Å². The van der Waals surface area contributed by atoms with Gasteiger partial charge in [-0.05, 0) is 36.8 Å². The van der Waals surface area contributed by atoms with E-state index in [0.717, 1.165) is 36.3 Å². The number of carbonyl (C=O) groups excluding carboxylic acids is 1. The maximum atomic E-state index is 11.8. The molecule has 8 nitrogen and oxygen atoms in total. The Morgan fingerprint density at radius 2 is 2.07 bits per heavy atom. The van der Waals surface area contributed by atoms with Crippen molar-refractivity contribution < 1.29 is 4.79 Å². The first kappa shape index (κ1) is 18.0. The van der Waals surface area contributed by atoms with E-state index in [0.29, 0.717) is 24.7 Å². The predicted molar refractivity (Wildman–Crippen MR) is 109 cm³/mol. The second-order valence-electron chi connectivity index (χ2n) is 6.67. The van der Waals surface area contributed by atoms with Gasteiger partial charge in [-0.2, -0.15) is 5.10 Å². The van der Waals surface area contributed by atoms with Crippen LogP contribution in [-0.4, -0.2) is 38.9 Å². The van der Waals surface area contributed by atoms with E-state index >= 15 is 0 Å². The van der Waals surface area contributed by atoms with E-state index in [9.17, 15) is 4.79 Å². The van der Waals surface area contributed by atoms with Crippen LogP contribution < -0.4 is 15.5 Å². The molecule has 0 radical (unpaired) electrons. The molecule has 0 atom stereocenters. The molecule has 8 heteroatoms. The molecule has 0 bridgehead atoms. The lowest BCUT2D eigenvalue weighted by molar-refractivity contribution is 0.252. The Labute approximate surface area is 163 Å². The molecule has 0 spiro atoms. The van der Waals surface area contributed by atoms with Crippen molar-refractivity contribution in [3.05, 3.63) is 48.9 Å². The molecule has 2 N–H and O–H groups in total. The van der Waals surface area contributed by atoms with Gasteiger partial charge >= 0.3 is 6.03 Å². The molecule has 4 rings (SSSR count). The molecular formula is C20H23N7O. The van der Waals surface area contributed by atoms with Crippen LogP contribution in [0.15, 0.2) is 48.9 Å². The maximum Gasteiger partial charge on any atom is 0.321 e. The standard InChI is InChI=1S/C20H23N7O/c1-2-3-11-26-14-16(13-23-26)24-18-8-9-21-19(25-18)15-4-6-17(7-5-15)27-12-10-22-20(27)28/h4-9,13-14H,2-3,10-12H2,1H3,(H,22,28)(H,21,24,25). The number of hydrogen-bond donors (Lipinski definition) is 2. The number of hydrogen-bond acceptors (Lipinski definition) is 5. The molecule has 1 fully saturated rings. The number of nitrogens with one attached hydrogen (secondary N) is 2. The molecule has 0 unspecified atom stereocenters. The molecule has 1 saturated heterocycles. The minimum Gasteiger partial charge on any atom is -0.338 e. The summed E-state index contributed by atoms with van der Waals surface area (Å²) >= 11 is 0. The zero-order chi connectivity index (χ0) is 19.3. The molecule has 144 valence electrons. The van der Waals surface area contributed by atoms with Gasteiger partial charge in [0, 0.05) is 43.3 Å². The second kappa shape index (κ2) is 8.08. The fraction of sp³-hybridized carbons (Fsp3) is 0.300. The SMILES string of the molecule is CCCCn1cc(Nc2ccnc(-c3ccc(N4CCNC4=O)cc3)n2)cn1. The van der Waals surface area contributed by atoms with Crippen LogP contribution in [0.2, 0.25) is 0 Å². The van der Waals surface area contributed by atoms with Gasteiger partial charge in [-0.3, -0.25) is 9.58 Å². The summed E-state index contributed by atoms with van der Waals surface area (Å²) in [6, 6.07) is 9.47. The molecule has 28 heavy (non-hydrogen) atoms. The smallest absolute Gasteiger partial charge is 0.321 e. The Kier molecular flexibility index (Phi) is 5.18. The van der Waals surface area contributed by atoms with Gasteiger partial charge in [0.1, 0.15) is 5.82 Å². The van der Waals surface area contributed by atoms with Gasteiger partial charge in [0.2, 0.25) is 0 Å². The average Bonchev–Trinajstić information content (AvgIpc) is 3.35. The summed E-state index contributed by atoms with van der Waals surface area (Å²) in [7, 11) is 0. The molecule has 3 heterocycles. The lowest BCUT2D eigenvalue weighted by Crippen LogP contribution is -2.27. The third-order valence-corrected chi connectivity index (χ3v) is 4.60. The zero-order valence-electron chi connectivity index (χ0n) is 15.8. The molecule has 3 aromatic rings. The molecule has 1 aliphatic rings. The molecule has 1 aliphatic heterocycles. The van der Waals surface area contributed by atoms with Gasteiger partial charge in [-0.15, -0.1) is 0 Å². The lowest BCUT2D eigenvalue weighted by atomic mass is 10.2. The third-order valence-electron chi connectivity index (χ3n) is 4.60. The molecule has 2 aromatic heterocycles. The van der Waals surface area contributed by atoms with Crippen molar-refractivity contribution in [1.82, 2.24) is 25.1 Å². The van der Waals surface area contributed by atoms with Crippen LogP contribution >= 0.6 is 0 Å². The van der Waals surface area contributed by atoms with Crippen molar-refractivity contribution in [2.45, 2.75) is 26.3 Å². The minimum atomic E-state index is -0.0605. The summed E-state index contributed by atoms with van der Waals surface area (Å²) in [6.45, 7) is 4.43. The Bertz CT molecular complexity index is 951. The molecule has 2 amide bonds. The normalized spacial score (nSPS) is 13.6. The van der Waals surface area contributed by atoms with Crippen LogP contribution in [0.3, 0.4) is 0 Å². The predicted octanol–water partition coefficient (Wildman–Crippen LogP) is 3.41. The monoisotopic (exact) mass is 377 g/mol. The van der Waals surface area contributed by atoms with Crippen molar-refractivity contribution in [1.29, 1.82) is 0 Å². The number of anilines is 3. The first-order valence-electron chi connectivity index (χ1n) is 9.51. The first-order chi connectivity index (χ1) is 13.7. The highest BCUT2D eigenvalue weighted by molar-refractivity contribution is 5.94. The van der Waals surface area contributed by atoms with E-state index in [1.54, 1.807) is 17.3 Å². The van der Waals surface area contributed by atoms with Crippen LogP contribution in [-0.2, 0) is 6.54 Å². The number of carbonyl (C=O) groups is 1. The second-order valence-corrected chi connectivity index (χ2v) is 6.67. The summed E-state index contributed by atoms with van der Waals surface area (Å²) in [5.41, 5.74) is 2.66. The van der Waals surface area contributed by atoms with Crippen molar-refractivity contribution in [2.75, 3.05) is 23.3 Å². The van der Waals surface area contributed by atoms with Gasteiger partial charge in [-0.25, -0.2) is 14.8 Å². The van der Waals surface area contributed by atoms with Crippen LogP contribution in [0.25, 0.3) is 11.4 Å². The van der Waals surface area contributed by atoms with Crippen LogP contribution in [0, 0.1) is 0 Å². The number of aromatic nitrogens is 4. The van der Waals surface area contributed by atoms with Gasteiger partial charge in [-0.1, -0.05) is 13.3 Å². The lowest BCUT2D eigenvalue weighted by Gasteiger charge is -2.14. The molecule has 1 aromatic carbocycles. The zero-order valence-corrected chi connectivity index (χ0v) is 15.8. The van der Waals surface area contributed by atoms with Gasteiger partial charge < -0.3 is 10.6 Å². The topological polar surface area (TPSA) is 88.0 Å². The maximum absolute atomic E-state index is 11.8. The van der Waals surface area contributed by atoms with Crippen LogP contribution in [0.5, 0.6) is 0 Å². The van der Waals surface area contributed by atoms with E-state index in [1.165, 1.54) is 0 Å². The highest BCUT2D eigenvalue weighted by Gasteiger charge is 2.20. The number of rotatable bonds is 7. The van der Waals surface area contributed by atoms with Gasteiger partial charge in [0.25, 0.3) is 0 Å². The van der Waals surface area contributed by atoms with Crippen molar-refractivity contribution in [3.63, 3.8) is 0 Å². The number of urea groups is 1. The van der Waals surface area contributed by atoms with E-state index in [1.807, 2.05) is 41.2 Å². The fourth-order valence-corrected chi connectivity index (χ4v) is 3.09. The number of nitrogens with zero attached hydrogens (tertiary/aromatic N) is 5. The fourth-order valence-electron chi connectivity index (χ4n) is 3.09. The number of unbranched alkanes of at least 4 members (excludes halogenated alkanes) is 1. The highest BCUT2D eigenvalue weighted by atomic mass is 16.2. The Morgan fingerprint density at radius 1 is 1.21 bits per heavy atom. The molecule has 0 saturated carbocycles. The quantitative estimate of drug-likeness (QED) is 0.659. The number of aryl methyl sites for hydroxylation is 1. The number of benzene rings is 1. The summed E-state index contributed by atoms with van der Waals surface area (Å²) < 4.78 is 1.93. The summed E-state index contributed by atoms with van der Waals surface area (Å²) in [5.74, 6) is 1.34. The first-order valence-corrected chi connectivity index (χ1v) is 9.51. The van der Waals surface area contributed by atoms with Crippen molar-refractivity contribution >= 4 is 23.2 Å². The summed E-state index contributed by atoms with van der Waals surface area (Å²) in [4.78, 5) is 22.5. The molecule has 0 aliphatic carbocycles. The summed E-state index contributed by atoms with van der Waals surface area (Å²) in [6.07, 6.45) is 7.75. The van der Waals surface area contributed by atoms with Gasteiger partial charge in [0.15, 0.2) is 5.82 Å². The molecular weight excluding hydrogens is 354 g/mol. The number of amides is 2. The summed E-state index contributed by atoms with van der Waals surface area (Å²) in [5, 5.41) is 10.4. The Hall–Kier alpha value is -3.42. The minimum absolute atomic E-state index is 0.0605. The largest absolute Gasteiger partial charge is 0.338 e. The van der Waals surface area contributed by atoms with E-state index in [4.69, 9.17) is 0 Å².